The van der Waals surface area contributed by atoms with Crippen LogP contribution in [0.15, 0.2) is 12.1 Å². The van der Waals surface area contributed by atoms with E-state index in [1.165, 1.54) is 0 Å². The molecule has 0 fully saturated rings. The van der Waals surface area contributed by atoms with Gasteiger partial charge in [0.25, 0.3) is 0 Å². The molecule has 0 saturated heterocycles. The summed E-state index contributed by atoms with van der Waals surface area (Å²) in [6.45, 7) is 5.33. The average molecular weight is 313 g/mol. The van der Waals surface area contributed by atoms with E-state index >= 15 is 0 Å². The number of fused-ring (bicyclic) bond motifs is 1. The van der Waals surface area contributed by atoms with Crippen molar-refractivity contribution in [1.29, 1.82) is 0 Å². The van der Waals surface area contributed by atoms with Crippen LogP contribution in [0, 0.1) is 0 Å². The summed E-state index contributed by atoms with van der Waals surface area (Å²) in [5, 5.41) is 3.33. The summed E-state index contributed by atoms with van der Waals surface area (Å²) >= 11 is 1.87. The zero-order valence-corrected chi connectivity index (χ0v) is 13.5. The minimum Gasteiger partial charge on any atom is -0.492 e. The van der Waals surface area contributed by atoms with E-state index in [1.807, 2.05) is 23.9 Å². The highest BCUT2D eigenvalue weighted by molar-refractivity contribution is 7.99. The lowest BCUT2D eigenvalue weighted by atomic mass is 10.1. The fraction of sp³-hybridized carbons (Fsp3) is 0.600. The molecule has 1 aromatic carbocycles. The predicted octanol–water partition coefficient (Wildman–Crippen LogP) is 2.28. The van der Waals surface area contributed by atoms with Gasteiger partial charge in [-0.2, -0.15) is 11.8 Å². The number of thioether (sulfide) groups is 1. The van der Waals surface area contributed by atoms with Crippen LogP contribution in [0.25, 0.3) is 0 Å². The number of ether oxygens (including phenoxy) is 4. The van der Waals surface area contributed by atoms with Gasteiger partial charge in [-0.3, -0.25) is 0 Å². The summed E-state index contributed by atoms with van der Waals surface area (Å²) < 4.78 is 21.8. The molecule has 1 aliphatic heterocycles. The van der Waals surface area contributed by atoms with Gasteiger partial charge in [-0.25, -0.2) is 0 Å². The summed E-state index contributed by atoms with van der Waals surface area (Å²) in [6.07, 6.45) is 0. The SMILES string of the molecule is CCSCCOc1cc2c(cc1CNCCOC)OCO2. The van der Waals surface area contributed by atoms with E-state index in [-0.39, 0.29) is 6.79 Å². The Bertz CT molecular complexity index is 403. The molecule has 0 radical (unpaired) electrons. The van der Waals surface area contributed by atoms with Gasteiger partial charge >= 0.3 is 0 Å². The van der Waals surface area contributed by atoms with Crippen LogP contribution < -0.4 is 19.5 Å². The van der Waals surface area contributed by atoms with Crippen LogP contribution in [0.2, 0.25) is 0 Å². The molecule has 1 heterocycles. The van der Waals surface area contributed by atoms with Crippen LogP contribution in [-0.4, -0.2) is 45.2 Å². The summed E-state index contributed by atoms with van der Waals surface area (Å²) in [6, 6.07) is 3.91. The first kappa shape index (κ1) is 16.3. The Morgan fingerprint density at radius 3 is 2.81 bits per heavy atom. The molecule has 0 unspecified atom stereocenters. The third-order valence-electron chi connectivity index (χ3n) is 3.04. The molecule has 21 heavy (non-hydrogen) atoms. The minimum absolute atomic E-state index is 0.279. The van der Waals surface area contributed by atoms with Gasteiger partial charge in [0.05, 0.1) is 13.2 Å². The molecule has 2 rings (SSSR count). The maximum Gasteiger partial charge on any atom is 0.231 e. The van der Waals surface area contributed by atoms with E-state index in [0.29, 0.717) is 13.2 Å². The third-order valence-corrected chi connectivity index (χ3v) is 3.91. The monoisotopic (exact) mass is 313 g/mol. The van der Waals surface area contributed by atoms with Gasteiger partial charge in [-0.15, -0.1) is 0 Å². The summed E-state index contributed by atoms with van der Waals surface area (Å²) in [7, 11) is 1.70. The number of hydrogen-bond donors (Lipinski definition) is 1. The number of methoxy groups -OCH3 is 1. The third kappa shape index (κ3) is 4.98. The van der Waals surface area contributed by atoms with Crippen molar-refractivity contribution in [2.75, 3.05) is 45.2 Å². The Balaban J connectivity index is 1.97. The lowest BCUT2D eigenvalue weighted by Gasteiger charge is -2.13. The van der Waals surface area contributed by atoms with Crippen LogP contribution >= 0.6 is 11.8 Å². The smallest absolute Gasteiger partial charge is 0.231 e. The van der Waals surface area contributed by atoms with Crippen LogP contribution in [0.5, 0.6) is 17.2 Å². The molecule has 0 saturated carbocycles. The fourth-order valence-corrected chi connectivity index (χ4v) is 2.48. The fourth-order valence-electron chi connectivity index (χ4n) is 1.99. The Labute approximate surface area is 130 Å². The van der Waals surface area contributed by atoms with Crippen molar-refractivity contribution in [3.05, 3.63) is 17.7 Å². The van der Waals surface area contributed by atoms with E-state index in [2.05, 4.69) is 12.2 Å². The molecule has 0 atom stereocenters. The summed E-state index contributed by atoms with van der Waals surface area (Å²) in [5.74, 6) is 4.50. The van der Waals surface area contributed by atoms with Crippen molar-refractivity contribution in [1.82, 2.24) is 5.32 Å². The van der Waals surface area contributed by atoms with Crippen molar-refractivity contribution in [3.8, 4) is 17.2 Å². The molecule has 0 aliphatic carbocycles. The first-order valence-electron chi connectivity index (χ1n) is 7.18. The van der Waals surface area contributed by atoms with Gasteiger partial charge in [0.15, 0.2) is 11.5 Å². The van der Waals surface area contributed by atoms with Crippen molar-refractivity contribution in [3.63, 3.8) is 0 Å². The Morgan fingerprint density at radius 1 is 1.24 bits per heavy atom. The minimum atomic E-state index is 0.279. The van der Waals surface area contributed by atoms with Gasteiger partial charge in [0, 0.05) is 37.6 Å². The molecule has 5 nitrogen and oxygen atoms in total. The lowest BCUT2D eigenvalue weighted by molar-refractivity contribution is 0.173. The van der Waals surface area contributed by atoms with Gasteiger partial charge in [0.1, 0.15) is 5.75 Å². The van der Waals surface area contributed by atoms with Crippen molar-refractivity contribution in [2.45, 2.75) is 13.5 Å². The van der Waals surface area contributed by atoms with Crippen LogP contribution in [-0.2, 0) is 11.3 Å². The maximum atomic E-state index is 5.89. The molecule has 0 bridgehead atoms. The standard InChI is InChI=1S/C15H23NO4S/c1-3-21-7-6-18-13-9-15-14(19-11-20-15)8-12(13)10-16-4-5-17-2/h8-9,16H,3-7,10-11H2,1-2H3. The topological polar surface area (TPSA) is 49.0 Å². The van der Waals surface area contributed by atoms with Crippen LogP contribution in [0.3, 0.4) is 0 Å². The summed E-state index contributed by atoms with van der Waals surface area (Å²) in [5.41, 5.74) is 1.08. The molecule has 1 aliphatic rings. The number of rotatable bonds is 10. The zero-order valence-electron chi connectivity index (χ0n) is 12.6. The molecule has 0 amide bonds. The molecule has 6 heteroatoms. The summed E-state index contributed by atoms with van der Waals surface area (Å²) in [4.78, 5) is 0. The Kier molecular flexibility index (Phi) is 6.99. The van der Waals surface area contributed by atoms with E-state index in [4.69, 9.17) is 18.9 Å². The van der Waals surface area contributed by atoms with Gasteiger partial charge < -0.3 is 24.3 Å². The van der Waals surface area contributed by atoms with E-state index in [9.17, 15) is 0 Å². The second kappa shape index (κ2) is 9.02. The Hall–Kier alpha value is -1.11. The number of benzene rings is 1. The molecule has 1 aromatic rings. The van der Waals surface area contributed by atoms with Crippen molar-refractivity contribution >= 4 is 11.8 Å². The molecule has 0 spiro atoms. The zero-order chi connectivity index (χ0) is 14.9. The van der Waals surface area contributed by atoms with E-state index in [1.54, 1.807) is 7.11 Å². The molecule has 0 aromatic heterocycles. The van der Waals surface area contributed by atoms with Crippen LogP contribution in [0.4, 0.5) is 0 Å². The number of hydrogen-bond acceptors (Lipinski definition) is 6. The lowest BCUT2D eigenvalue weighted by Crippen LogP contribution is -2.19. The predicted molar refractivity (Wildman–Crippen MR) is 84.6 cm³/mol. The van der Waals surface area contributed by atoms with Crippen LogP contribution in [0.1, 0.15) is 12.5 Å². The first-order valence-corrected chi connectivity index (χ1v) is 8.33. The highest BCUT2D eigenvalue weighted by Gasteiger charge is 2.17. The molecule has 118 valence electrons. The molecular formula is C15H23NO4S. The highest BCUT2D eigenvalue weighted by Crippen LogP contribution is 2.38. The van der Waals surface area contributed by atoms with Gasteiger partial charge in [0.2, 0.25) is 6.79 Å². The van der Waals surface area contributed by atoms with E-state index in [0.717, 1.165) is 47.4 Å². The van der Waals surface area contributed by atoms with Crippen molar-refractivity contribution in [2.24, 2.45) is 0 Å². The second-order valence-corrected chi connectivity index (χ2v) is 5.92. The Morgan fingerprint density at radius 2 is 2.05 bits per heavy atom. The normalized spacial score (nSPS) is 12.7. The first-order chi connectivity index (χ1) is 10.3. The largest absolute Gasteiger partial charge is 0.492 e. The van der Waals surface area contributed by atoms with E-state index < -0.39 is 0 Å². The quantitative estimate of drug-likeness (QED) is 0.669. The van der Waals surface area contributed by atoms with Gasteiger partial charge in [-0.05, 0) is 11.8 Å². The maximum absolute atomic E-state index is 5.89. The van der Waals surface area contributed by atoms with Crippen molar-refractivity contribution < 1.29 is 18.9 Å². The van der Waals surface area contributed by atoms with Gasteiger partial charge in [-0.1, -0.05) is 6.92 Å². The second-order valence-electron chi connectivity index (χ2n) is 4.53. The highest BCUT2D eigenvalue weighted by atomic mass is 32.2. The average Bonchev–Trinajstić information content (AvgIpc) is 2.95. The number of nitrogens with one attached hydrogen (secondary N) is 1. The molecular weight excluding hydrogens is 290 g/mol. The molecule has 1 N–H and O–H groups in total.